The molecule has 0 radical (unpaired) electrons. The standard InChI is InChI=1S/C24H16.C24H18.C24H16.3C18H18/c1-4-8-20-15(5-1)11-18-12-17-9-10-21-19-7-3-2-6-16(19)13-24(21)22(17)14-23(18)20;1-3-7-18-16(6-1)14-23-20(18)11-12-22-21(23)10-9-17-13-15-5-2-4-8-19(15)24(17)22;1-3-7-20-15(5-1)12-19-13-17-9-10-18-11-16-6-2-4-8-21(16)24(18)23(17)14-22(19)20;3*1-3-13-15-9-5-7-11-17(15)14(4-2)18-12-8-6-10-16(13)18/h1-10,12,14H,11,13H2;1-12,20,23H,13-14H2;1-10,13-14H,11-12H2;3*5-12H,3-4H2,1-2H3. The minimum Gasteiger partial charge on any atom is -0.0757 e. The van der Waals surface area contributed by atoms with Crippen LogP contribution in [-0.2, 0) is 77.0 Å². The third kappa shape index (κ3) is 13.3. The molecule has 0 N–H and O–H groups in total. The lowest BCUT2D eigenvalue weighted by Gasteiger charge is -2.26. The lowest BCUT2D eigenvalue weighted by molar-refractivity contribution is 0.666. The number of hydrogen-bond donors (Lipinski definition) is 0. The zero-order valence-corrected chi connectivity index (χ0v) is 73.3. The maximum atomic E-state index is 2.46. The highest BCUT2D eigenvalue weighted by Gasteiger charge is 2.37. The highest BCUT2D eigenvalue weighted by atomic mass is 14.4. The number of allylic oxidation sites excluding steroid dienone is 1. The van der Waals surface area contributed by atoms with Crippen LogP contribution < -0.4 is 0 Å². The molecular weight excluding hydrogens is 1510 g/mol. The fourth-order valence-electron chi connectivity index (χ4n) is 23.5. The molecule has 0 saturated carbocycles. The average molecular weight is 1620 g/mol. The third-order valence-electron chi connectivity index (χ3n) is 29.2. The smallest absolute Gasteiger partial charge is 0.00962 e. The molecule has 20 aromatic rings. The molecule has 0 nitrogen and oxygen atoms in total. The van der Waals surface area contributed by atoms with E-state index < -0.39 is 0 Å². The van der Waals surface area contributed by atoms with Crippen molar-refractivity contribution in [1.29, 1.82) is 0 Å². The molecule has 2 atom stereocenters. The molecule has 126 heavy (non-hydrogen) atoms. The first kappa shape index (κ1) is 78.2. The second kappa shape index (κ2) is 33.0. The molecule has 0 spiro atoms. The van der Waals surface area contributed by atoms with Gasteiger partial charge in [0.2, 0.25) is 0 Å². The molecule has 7 aliphatic carbocycles. The van der Waals surface area contributed by atoms with Gasteiger partial charge in [-0.15, -0.1) is 0 Å². The maximum absolute atomic E-state index is 2.46. The van der Waals surface area contributed by atoms with Crippen LogP contribution in [0.4, 0.5) is 0 Å². The monoisotopic (exact) mass is 1620 g/mol. The van der Waals surface area contributed by atoms with Crippen molar-refractivity contribution in [2.24, 2.45) is 0 Å². The molecule has 0 amide bonds. The van der Waals surface area contributed by atoms with Crippen LogP contribution >= 0.6 is 0 Å². The van der Waals surface area contributed by atoms with E-state index in [0.717, 1.165) is 70.6 Å². The Morgan fingerprint density at radius 3 is 0.921 bits per heavy atom. The molecule has 0 heterocycles. The fraction of sp³-hybridized carbons (Fsp3) is 0.159. The number of fused-ring (bicyclic) bond motifs is 31. The van der Waals surface area contributed by atoms with Gasteiger partial charge in [-0.2, -0.15) is 0 Å². The van der Waals surface area contributed by atoms with Crippen molar-refractivity contribution in [3.63, 3.8) is 0 Å². The lowest BCUT2D eigenvalue weighted by atomic mass is 9.77. The van der Waals surface area contributed by atoms with Crippen LogP contribution in [0.2, 0.25) is 0 Å². The van der Waals surface area contributed by atoms with Gasteiger partial charge in [-0.05, 0) is 348 Å². The van der Waals surface area contributed by atoms with Gasteiger partial charge in [0.05, 0.1) is 0 Å². The Morgan fingerprint density at radius 1 is 0.206 bits per heavy atom. The summed E-state index contributed by atoms with van der Waals surface area (Å²) in [6.45, 7) is 13.5. The van der Waals surface area contributed by atoms with E-state index in [1.807, 2.05) is 0 Å². The Morgan fingerprint density at radius 2 is 0.508 bits per heavy atom. The zero-order chi connectivity index (χ0) is 84.6. The largest absolute Gasteiger partial charge is 0.0757 e. The van der Waals surface area contributed by atoms with Crippen LogP contribution in [-0.4, -0.2) is 0 Å². The number of benzene rings is 20. The Balaban J connectivity index is 0.0000000900. The predicted octanol–water partition coefficient (Wildman–Crippen LogP) is 33.0. The van der Waals surface area contributed by atoms with Crippen molar-refractivity contribution in [2.45, 2.75) is 130 Å². The van der Waals surface area contributed by atoms with E-state index in [9.17, 15) is 0 Å². The summed E-state index contributed by atoms with van der Waals surface area (Å²) in [5.41, 5.74) is 44.1. The average Bonchev–Trinajstić information content (AvgIpc) is 1.59. The molecule has 2 unspecified atom stereocenters. The summed E-state index contributed by atoms with van der Waals surface area (Å²) >= 11 is 0. The maximum Gasteiger partial charge on any atom is 0.00962 e. The van der Waals surface area contributed by atoms with Crippen LogP contribution in [0, 0.1) is 0 Å². The van der Waals surface area contributed by atoms with E-state index in [1.54, 1.807) is 5.56 Å². The molecule has 0 aromatic heterocycles. The summed E-state index contributed by atoms with van der Waals surface area (Å²) in [5.74, 6) is 1.17. The van der Waals surface area contributed by atoms with Crippen LogP contribution in [0.5, 0.6) is 0 Å². The topological polar surface area (TPSA) is 0 Å². The summed E-state index contributed by atoms with van der Waals surface area (Å²) in [4.78, 5) is 0. The Bertz CT molecular complexity index is 7140. The first-order chi connectivity index (χ1) is 62.3. The van der Waals surface area contributed by atoms with E-state index in [2.05, 4.69) is 406 Å². The van der Waals surface area contributed by atoms with Gasteiger partial charge in [-0.3, -0.25) is 0 Å². The minimum atomic E-state index is 0.559. The Kier molecular flexibility index (Phi) is 20.5. The summed E-state index contributed by atoms with van der Waals surface area (Å²) < 4.78 is 0. The van der Waals surface area contributed by atoms with Gasteiger partial charge in [-0.1, -0.05) is 393 Å². The highest BCUT2D eigenvalue weighted by Crippen LogP contribution is 2.54. The Labute approximate surface area is 742 Å². The van der Waals surface area contributed by atoms with Crippen molar-refractivity contribution in [2.75, 3.05) is 0 Å². The molecule has 0 fully saturated rings. The number of rotatable bonds is 6. The molecule has 0 aliphatic heterocycles. The normalized spacial score (nSPS) is 14.1. The van der Waals surface area contributed by atoms with Gasteiger partial charge < -0.3 is 0 Å². The van der Waals surface area contributed by atoms with Crippen molar-refractivity contribution in [3.05, 3.63) is 469 Å². The quantitative estimate of drug-likeness (QED) is 0.146. The van der Waals surface area contributed by atoms with Crippen LogP contribution in [0.15, 0.2) is 358 Å². The molecular formula is C126H104. The molecule has 608 valence electrons. The van der Waals surface area contributed by atoms with Crippen molar-refractivity contribution in [1.82, 2.24) is 0 Å². The minimum absolute atomic E-state index is 0.559. The first-order valence-corrected chi connectivity index (χ1v) is 46.5. The molecule has 27 rings (SSSR count). The fourth-order valence-corrected chi connectivity index (χ4v) is 23.5. The molecule has 7 aliphatic rings. The van der Waals surface area contributed by atoms with Crippen LogP contribution in [0.25, 0.3) is 148 Å². The van der Waals surface area contributed by atoms with E-state index in [-0.39, 0.29) is 0 Å². The highest BCUT2D eigenvalue weighted by molar-refractivity contribution is 6.10. The van der Waals surface area contributed by atoms with E-state index in [4.69, 9.17) is 0 Å². The molecule has 0 heteroatoms. The summed E-state index contributed by atoms with van der Waals surface area (Å²) in [6.07, 6.45) is 17.9. The van der Waals surface area contributed by atoms with Crippen molar-refractivity contribution in [3.8, 4) is 55.6 Å². The SMILES string of the molecule is C1=CC2c3ccccc3CC2c2ccc3c(c21)-c1ccccc1C3.CCc1c2ccccc2c(CC)c2ccccc12.CCc1c2ccccc2c(CC)c2ccccc12.CCc1c2ccccc2c(CC)c2ccccc12.c1ccc2c(c1)Cc1cc3ccc4c(c3cc1-2)-c1ccccc1C4.c1ccc2c(c1)Cc1cc3ccc4c(c3cc1-2)Cc1ccccc1-4. The summed E-state index contributed by atoms with van der Waals surface area (Å²) in [7, 11) is 0. The lowest BCUT2D eigenvalue weighted by Crippen LogP contribution is -2.10. The van der Waals surface area contributed by atoms with Gasteiger partial charge in [0.25, 0.3) is 0 Å². The van der Waals surface area contributed by atoms with E-state index in [0.29, 0.717) is 11.8 Å². The van der Waals surface area contributed by atoms with Crippen molar-refractivity contribution >= 4 is 92.3 Å². The van der Waals surface area contributed by atoms with Crippen LogP contribution in [0.3, 0.4) is 0 Å². The van der Waals surface area contributed by atoms with Gasteiger partial charge >= 0.3 is 0 Å². The van der Waals surface area contributed by atoms with Gasteiger partial charge in [-0.25, -0.2) is 0 Å². The number of hydrogen-bond acceptors (Lipinski definition) is 0. The van der Waals surface area contributed by atoms with Gasteiger partial charge in [0.1, 0.15) is 0 Å². The predicted molar refractivity (Wildman–Crippen MR) is 541 cm³/mol. The van der Waals surface area contributed by atoms with Crippen molar-refractivity contribution < 1.29 is 0 Å². The van der Waals surface area contributed by atoms with E-state index >= 15 is 0 Å². The number of aryl methyl sites for hydroxylation is 6. The summed E-state index contributed by atoms with van der Waals surface area (Å²) in [5, 5.41) is 22.7. The van der Waals surface area contributed by atoms with Gasteiger partial charge in [0, 0.05) is 5.92 Å². The second-order valence-corrected chi connectivity index (χ2v) is 35.6. The van der Waals surface area contributed by atoms with Gasteiger partial charge in [0.15, 0.2) is 0 Å². The summed E-state index contributed by atoms with van der Waals surface area (Å²) in [6, 6.07) is 130. The molecule has 20 aromatic carbocycles. The van der Waals surface area contributed by atoms with Crippen LogP contribution in [0.1, 0.15) is 165 Å². The second-order valence-electron chi connectivity index (χ2n) is 35.6. The molecule has 0 saturated heterocycles. The Hall–Kier alpha value is -13.8. The zero-order valence-electron chi connectivity index (χ0n) is 73.3. The molecule has 0 bridgehead atoms. The first-order valence-electron chi connectivity index (χ1n) is 46.5. The van der Waals surface area contributed by atoms with E-state index in [1.165, 1.54) is 254 Å². The third-order valence-corrected chi connectivity index (χ3v) is 29.2.